The maximum absolute atomic E-state index is 13.6. The molecule has 0 saturated heterocycles. The van der Waals surface area contributed by atoms with Crippen LogP contribution in [0.4, 0.5) is 4.39 Å². The lowest BCUT2D eigenvalue weighted by molar-refractivity contribution is 0.0697. The van der Waals surface area contributed by atoms with Gasteiger partial charge < -0.3 is 14.3 Å². The summed E-state index contributed by atoms with van der Waals surface area (Å²) in [6, 6.07) is 8.43. The van der Waals surface area contributed by atoms with Gasteiger partial charge in [-0.05, 0) is 36.4 Å². The molecular weight excluding hydrogens is 345 g/mol. The molecule has 3 rings (SSSR count). The summed E-state index contributed by atoms with van der Waals surface area (Å²) < 4.78 is 24.8. The number of hydrogen-bond donors (Lipinski definition) is 1. The van der Waals surface area contributed by atoms with Crippen LogP contribution in [0.2, 0.25) is 0 Å². The molecule has 1 heterocycles. The molecule has 0 aliphatic carbocycles. The summed E-state index contributed by atoms with van der Waals surface area (Å²) in [4.78, 5) is 14.9. The molecule has 21 heavy (non-hydrogen) atoms. The van der Waals surface area contributed by atoms with Crippen molar-refractivity contribution in [3.63, 3.8) is 0 Å². The highest BCUT2D eigenvalue weighted by atomic mass is 79.9. The zero-order valence-corrected chi connectivity index (χ0v) is 11.9. The van der Waals surface area contributed by atoms with Crippen LogP contribution in [0.5, 0.6) is 11.8 Å². The summed E-state index contributed by atoms with van der Waals surface area (Å²) >= 11 is 3.21. The number of halogens is 2. The van der Waals surface area contributed by atoms with Crippen molar-refractivity contribution < 1.29 is 23.4 Å². The average molecular weight is 352 g/mol. The summed E-state index contributed by atoms with van der Waals surface area (Å²) in [6.07, 6.45) is -0.162. The Hall–Kier alpha value is -2.41. The summed E-state index contributed by atoms with van der Waals surface area (Å²) in [5.74, 6) is -1.69. The molecule has 0 unspecified atom stereocenters. The molecule has 1 N–H and O–H groups in total. The van der Waals surface area contributed by atoms with Crippen LogP contribution >= 0.6 is 15.9 Å². The molecule has 0 aliphatic heterocycles. The Morgan fingerprint density at radius 1 is 1.29 bits per heavy atom. The van der Waals surface area contributed by atoms with Gasteiger partial charge in [0.1, 0.15) is 5.52 Å². The molecule has 0 amide bonds. The van der Waals surface area contributed by atoms with Gasteiger partial charge in [-0.25, -0.2) is 9.18 Å². The lowest BCUT2D eigenvalue weighted by Gasteiger charge is -2.02. The van der Waals surface area contributed by atoms with Gasteiger partial charge in [-0.3, -0.25) is 0 Å². The smallest absolute Gasteiger partial charge is 0.400 e. The SMILES string of the molecule is O=C(O)c1ccc2nc(Oc3cc(Br)ccc3F)oc2c1. The lowest BCUT2D eigenvalue weighted by Crippen LogP contribution is -1.94. The normalized spacial score (nSPS) is 10.8. The van der Waals surface area contributed by atoms with E-state index in [1.165, 1.54) is 36.4 Å². The molecule has 5 nitrogen and oxygen atoms in total. The van der Waals surface area contributed by atoms with Gasteiger partial charge >= 0.3 is 12.0 Å². The zero-order chi connectivity index (χ0) is 15.0. The number of hydrogen-bond acceptors (Lipinski definition) is 4. The van der Waals surface area contributed by atoms with Gasteiger partial charge in [-0.1, -0.05) is 15.9 Å². The highest BCUT2D eigenvalue weighted by Crippen LogP contribution is 2.29. The molecule has 0 aliphatic rings. The van der Waals surface area contributed by atoms with Crippen LogP contribution in [0.1, 0.15) is 10.4 Å². The molecule has 0 atom stereocenters. The minimum atomic E-state index is -1.08. The first-order chi connectivity index (χ1) is 10.0. The Bertz CT molecular complexity index is 846. The van der Waals surface area contributed by atoms with Gasteiger partial charge in [0.25, 0.3) is 0 Å². The summed E-state index contributed by atoms with van der Waals surface area (Å²) in [5, 5.41) is 8.91. The number of nitrogens with zero attached hydrogens (tertiary/aromatic N) is 1. The second-order valence-electron chi connectivity index (χ2n) is 4.14. The third kappa shape index (κ3) is 2.73. The van der Waals surface area contributed by atoms with Crippen molar-refractivity contribution in [2.75, 3.05) is 0 Å². The number of benzene rings is 2. The number of fused-ring (bicyclic) bond motifs is 1. The molecule has 0 bridgehead atoms. The highest BCUT2D eigenvalue weighted by molar-refractivity contribution is 9.10. The maximum atomic E-state index is 13.6. The van der Waals surface area contributed by atoms with Crippen LogP contribution in [0.25, 0.3) is 11.1 Å². The van der Waals surface area contributed by atoms with Crippen LogP contribution in [0.15, 0.2) is 45.3 Å². The number of carboxylic acid groups (broad SMARTS) is 1. The molecule has 0 saturated carbocycles. The van der Waals surface area contributed by atoms with Crippen molar-refractivity contribution in [1.82, 2.24) is 4.98 Å². The molecule has 1 aromatic heterocycles. The Morgan fingerprint density at radius 2 is 2.10 bits per heavy atom. The average Bonchev–Trinajstić information content (AvgIpc) is 2.84. The molecule has 2 aromatic carbocycles. The fraction of sp³-hybridized carbons (Fsp3) is 0. The maximum Gasteiger partial charge on any atom is 0.400 e. The third-order valence-electron chi connectivity index (χ3n) is 2.71. The highest BCUT2D eigenvalue weighted by Gasteiger charge is 2.13. The molecular formula is C14H7BrFNO4. The second kappa shape index (κ2) is 5.17. The van der Waals surface area contributed by atoms with Crippen molar-refractivity contribution in [1.29, 1.82) is 0 Å². The standard InChI is InChI=1S/C14H7BrFNO4/c15-8-2-3-9(16)11(6-8)20-14-17-10-4-1-7(13(18)19)5-12(10)21-14/h1-6H,(H,18,19). The quantitative estimate of drug-likeness (QED) is 0.764. The van der Waals surface area contributed by atoms with Crippen LogP contribution in [-0.4, -0.2) is 16.1 Å². The minimum absolute atomic E-state index is 0.0469. The second-order valence-corrected chi connectivity index (χ2v) is 5.06. The molecule has 0 radical (unpaired) electrons. The van der Waals surface area contributed by atoms with E-state index in [-0.39, 0.29) is 23.0 Å². The van der Waals surface area contributed by atoms with E-state index >= 15 is 0 Å². The van der Waals surface area contributed by atoms with E-state index in [0.29, 0.717) is 9.99 Å². The molecule has 0 fully saturated rings. The third-order valence-corrected chi connectivity index (χ3v) is 3.20. The van der Waals surface area contributed by atoms with Crippen molar-refractivity contribution in [2.24, 2.45) is 0 Å². The van der Waals surface area contributed by atoms with Gasteiger partial charge in [0, 0.05) is 4.47 Å². The molecule has 106 valence electrons. The van der Waals surface area contributed by atoms with Gasteiger partial charge in [0.15, 0.2) is 17.1 Å². The largest absolute Gasteiger partial charge is 0.478 e. The number of ether oxygens (including phenoxy) is 1. The van der Waals surface area contributed by atoms with Crippen LogP contribution in [0, 0.1) is 5.82 Å². The first kappa shape index (κ1) is 13.6. The molecule has 3 aromatic rings. The lowest BCUT2D eigenvalue weighted by atomic mass is 10.2. The molecule has 0 spiro atoms. The first-order valence-electron chi connectivity index (χ1n) is 5.80. The van der Waals surface area contributed by atoms with Gasteiger partial charge in [-0.15, -0.1) is 0 Å². The summed E-state index contributed by atoms with van der Waals surface area (Å²) in [6.45, 7) is 0. The number of carbonyl (C=O) groups is 1. The number of rotatable bonds is 3. The zero-order valence-electron chi connectivity index (χ0n) is 10.3. The summed E-state index contributed by atoms with van der Waals surface area (Å²) in [7, 11) is 0. The van der Waals surface area contributed by atoms with Crippen LogP contribution in [-0.2, 0) is 0 Å². The number of aromatic nitrogens is 1. The van der Waals surface area contributed by atoms with Crippen molar-refractivity contribution in [3.8, 4) is 11.8 Å². The van der Waals surface area contributed by atoms with E-state index in [1.54, 1.807) is 0 Å². The van der Waals surface area contributed by atoms with Crippen LogP contribution in [0.3, 0.4) is 0 Å². The van der Waals surface area contributed by atoms with Gasteiger partial charge in [0.2, 0.25) is 0 Å². The first-order valence-corrected chi connectivity index (χ1v) is 6.59. The molecule has 7 heteroatoms. The van der Waals surface area contributed by atoms with E-state index in [2.05, 4.69) is 20.9 Å². The van der Waals surface area contributed by atoms with Crippen molar-refractivity contribution in [2.45, 2.75) is 0 Å². The Kier molecular flexibility index (Phi) is 3.34. The number of oxazole rings is 1. The van der Waals surface area contributed by atoms with Gasteiger partial charge in [-0.2, -0.15) is 4.98 Å². The number of carboxylic acids is 1. The topological polar surface area (TPSA) is 72.6 Å². The Labute approximate surface area is 126 Å². The van der Waals surface area contributed by atoms with Gasteiger partial charge in [0.05, 0.1) is 5.56 Å². The van der Waals surface area contributed by atoms with Crippen LogP contribution < -0.4 is 4.74 Å². The summed E-state index contributed by atoms with van der Waals surface area (Å²) in [5.41, 5.74) is 0.740. The monoisotopic (exact) mass is 351 g/mol. The van der Waals surface area contributed by atoms with Crippen molar-refractivity contribution >= 4 is 33.0 Å². The Morgan fingerprint density at radius 3 is 2.86 bits per heavy atom. The minimum Gasteiger partial charge on any atom is -0.478 e. The van der Waals surface area contributed by atoms with E-state index in [4.69, 9.17) is 14.3 Å². The fourth-order valence-electron chi connectivity index (χ4n) is 1.73. The fourth-order valence-corrected chi connectivity index (χ4v) is 2.07. The van der Waals surface area contributed by atoms with E-state index in [9.17, 15) is 9.18 Å². The van der Waals surface area contributed by atoms with E-state index < -0.39 is 11.8 Å². The Balaban J connectivity index is 1.97. The predicted octanol–water partition coefficient (Wildman–Crippen LogP) is 4.22. The predicted molar refractivity (Wildman–Crippen MR) is 75.1 cm³/mol. The number of aromatic carboxylic acids is 1. The van der Waals surface area contributed by atoms with E-state index in [0.717, 1.165) is 0 Å². The van der Waals surface area contributed by atoms with E-state index in [1.807, 2.05) is 0 Å². The van der Waals surface area contributed by atoms with Crippen molar-refractivity contribution in [3.05, 3.63) is 52.3 Å².